The van der Waals surface area contributed by atoms with Crippen molar-refractivity contribution < 1.29 is 9.59 Å². The van der Waals surface area contributed by atoms with E-state index < -0.39 is 0 Å². The first-order chi connectivity index (χ1) is 14.4. The second kappa shape index (κ2) is 9.55. The van der Waals surface area contributed by atoms with Crippen molar-refractivity contribution in [1.82, 2.24) is 4.98 Å². The van der Waals surface area contributed by atoms with E-state index in [2.05, 4.69) is 4.98 Å². The summed E-state index contributed by atoms with van der Waals surface area (Å²) in [4.78, 5) is 30.1. The monoisotopic (exact) mass is 421 g/mol. The highest BCUT2D eigenvalue weighted by Gasteiger charge is 2.13. The van der Waals surface area contributed by atoms with Crippen molar-refractivity contribution in [3.05, 3.63) is 76.9 Å². The summed E-state index contributed by atoms with van der Waals surface area (Å²) in [5.41, 5.74) is 9.89. The molecule has 1 amide bonds. The van der Waals surface area contributed by atoms with Crippen LogP contribution in [0.3, 0.4) is 0 Å². The normalized spacial score (nSPS) is 10.6. The Labute approximate surface area is 181 Å². The lowest BCUT2D eigenvalue weighted by molar-refractivity contribution is -0.118. The highest BCUT2D eigenvalue weighted by atomic mass is 35.5. The van der Waals surface area contributed by atoms with Gasteiger partial charge < -0.3 is 10.6 Å². The highest BCUT2D eigenvalue weighted by molar-refractivity contribution is 6.34. The number of nitrogens with zero attached hydrogens (tertiary/aromatic N) is 2. The fraction of sp³-hybridized carbons (Fsp3) is 0.208. The van der Waals surface area contributed by atoms with Crippen LogP contribution in [0.25, 0.3) is 11.1 Å². The molecule has 154 valence electrons. The minimum absolute atomic E-state index is 0.0372. The van der Waals surface area contributed by atoms with E-state index in [0.29, 0.717) is 35.7 Å². The topological polar surface area (TPSA) is 76.3 Å². The fourth-order valence-electron chi connectivity index (χ4n) is 3.22. The quantitative estimate of drug-likeness (QED) is 0.534. The predicted molar refractivity (Wildman–Crippen MR) is 122 cm³/mol. The Morgan fingerprint density at radius 3 is 2.40 bits per heavy atom. The average Bonchev–Trinajstić information content (AvgIpc) is 2.77. The van der Waals surface area contributed by atoms with Gasteiger partial charge in [0, 0.05) is 37.3 Å². The smallest absolute Gasteiger partial charge is 0.226 e. The lowest BCUT2D eigenvalue weighted by atomic mass is 9.99. The molecule has 0 aliphatic rings. The molecule has 0 spiro atoms. The van der Waals surface area contributed by atoms with Crippen LogP contribution >= 0.6 is 11.6 Å². The molecule has 3 rings (SSSR count). The molecule has 0 saturated heterocycles. The summed E-state index contributed by atoms with van der Waals surface area (Å²) in [5, 5.41) is 0.416. The second-order valence-corrected chi connectivity index (χ2v) is 7.43. The zero-order valence-corrected chi connectivity index (χ0v) is 17.8. The van der Waals surface area contributed by atoms with Gasteiger partial charge in [0.25, 0.3) is 0 Å². The lowest BCUT2D eigenvalue weighted by Crippen LogP contribution is -2.24. The van der Waals surface area contributed by atoms with Gasteiger partial charge in [0.1, 0.15) is 5.82 Å². The fourth-order valence-corrected chi connectivity index (χ4v) is 3.51. The first kappa shape index (κ1) is 21.5. The molecule has 1 aromatic heterocycles. The van der Waals surface area contributed by atoms with Crippen molar-refractivity contribution in [1.29, 1.82) is 0 Å². The molecule has 5 nitrogen and oxygen atoms in total. The van der Waals surface area contributed by atoms with E-state index in [0.717, 1.165) is 22.4 Å². The van der Waals surface area contributed by atoms with E-state index >= 15 is 0 Å². The molecule has 0 saturated carbocycles. The summed E-state index contributed by atoms with van der Waals surface area (Å²) in [6.07, 6.45) is 2.91. The largest absolute Gasteiger partial charge is 0.383 e. The van der Waals surface area contributed by atoms with Gasteiger partial charge in [-0.25, -0.2) is 4.98 Å². The number of halogens is 1. The van der Waals surface area contributed by atoms with Crippen LogP contribution in [-0.4, -0.2) is 23.7 Å². The summed E-state index contributed by atoms with van der Waals surface area (Å²) < 4.78 is 0. The Morgan fingerprint density at radius 1 is 1.07 bits per heavy atom. The predicted octanol–water partition coefficient (Wildman–Crippen LogP) is 5.17. The van der Waals surface area contributed by atoms with Crippen LogP contribution in [0.5, 0.6) is 0 Å². The minimum Gasteiger partial charge on any atom is -0.383 e. The van der Waals surface area contributed by atoms with Gasteiger partial charge >= 0.3 is 0 Å². The van der Waals surface area contributed by atoms with E-state index in [9.17, 15) is 9.59 Å². The van der Waals surface area contributed by atoms with Crippen LogP contribution in [-0.2, 0) is 11.2 Å². The van der Waals surface area contributed by atoms with E-state index in [1.807, 2.05) is 43.3 Å². The number of aryl methyl sites for hydroxylation is 1. The van der Waals surface area contributed by atoms with Crippen LogP contribution in [0.4, 0.5) is 11.5 Å². The number of hydrogen-bond acceptors (Lipinski definition) is 4. The molecular formula is C24H24ClN3O2. The number of ketones is 1. The van der Waals surface area contributed by atoms with Crippen LogP contribution in [0.15, 0.2) is 60.8 Å². The van der Waals surface area contributed by atoms with Crippen LogP contribution < -0.4 is 10.6 Å². The van der Waals surface area contributed by atoms with Crippen molar-refractivity contribution in [3.8, 4) is 11.1 Å². The number of anilines is 2. The SMILES string of the molecule is CCC(=O)N(C)c1ccc(-c2ccc(C(=O)CCc3cccnc3N)c(Cl)c2)cc1. The van der Waals surface area contributed by atoms with Crippen molar-refractivity contribution in [3.63, 3.8) is 0 Å². The van der Waals surface area contributed by atoms with Gasteiger partial charge in [0.2, 0.25) is 5.91 Å². The lowest BCUT2D eigenvalue weighted by Gasteiger charge is -2.17. The maximum atomic E-state index is 12.6. The zero-order chi connectivity index (χ0) is 21.7. The van der Waals surface area contributed by atoms with E-state index in [4.69, 9.17) is 17.3 Å². The molecule has 2 N–H and O–H groups in total. The molecule has 0 aliphatic carbocycles. The van der Waals surface area contributed by atoms with Crippen molar-refractivity contribution in [2.45, 2.75) is 26.2 Å². The number of rotatable bonds is 7. The van der Waals surface area contributed by atoms with Crippen molar-refractivity contribution in [2.75, 3.05) is 17.7 Å². The van der Waals surface area contributed by atoms with Gasteiger partial charge in [-0.15, -0.1) is 0 Å². The molecule has 0 bridgehead atoms. The molecule has 1 heterocycles. The molecule has 30 heavy (non-hydrogen) atoms. The van der Waals surface area contributed by atoms with E-state index in [1.54, 1.807) is 36.3 Å². The van der Waals surface area contributed by atoms with E-state index in [1.165, 1.54) is 0 Å². The third kappa shape index (κ3) is 4.86. The van der Waals surface area contributed by atoms with Crippen molar-refractivity contribution in [2.24, 2.45) is 0 Å². The second-order valence-electron chi connectivity index (χ2n) is 7.02. The number of nitrogen functional groups attached to an aromatic ring is 1. The van der Waals surface area contributed by atoms with E-state index in [-0.39, 0.29) is 11.7 Å². The van der Waals surface area contributed by atoms with Gasteiger partial charge in [-0.2, -0.15) is 0 Å². The number of carbonyl (C=O) groups excluding carboxylic acids is 2. The number of benzene rings is 2. The Kier molecular flexibility index (Phi) is 6.85. The molecule has 3 aromatic rings. The number of hydrogen-bond donors (Lipinski definition) is 1. The molecular weight excluding hydrogens is 398 g/mol. The summed E-state index contributed by atoms with van der Waals surface area (Å²) in [6.45, 7) is 1.84. The molecule has 0 atom stereocenters. The van der Waals surface area contributed by atoms with Gasteiger partial charge in [0.05, 0.1) is 5.02 Å². The Morgan fingerprint density at radius 2 is 1.77 bits per heavy atom. The number of Topliss-reactive ketones (excluding diaryl/α,β-unsaturated/α-hetero) is 1. The maximum absolute atomic E-state index is 12.6. The molecule has 0 aliphatic heterocycles. The first-order valence-electron chi connectivity index (χ1n) is 9.79. The van der Waals surface area contributed by atoms with Gasteiger partial charge in [0.15, 0.2) is 5.78 Å². The van der Waals surface area contributed by atoms with Crippen LogP contribution in [0.2, 0.25) is 5.02 Å². The average molecular weight is 422 g/mol. The first-order valence-corrected chi connectivity index (χ1v) is 10.2. The number of nitrogens with two attached hydrogens (primary N) is 1. The zero-order valence-electron chi connectivity index (χ0n) is 17.1. The summed E-state index contributed by atoms with van der Waals surface area (Å²) in [5.74, 6) is 0.466. The van der Waals surface area contributed by atoms with Crippen molar-refractivity contribution >= 4 is 34.8 Å². The van der Waals surface area contributed by atoms with Gasteiger partial charge in [-0.05, 0) is 53.4 Å². The standard InChI is InChI=1S/C24H24ClN3O2/c1-3-23(30)28(2)19-10-6-16(7-11-19)18-8-12-20(21(25)15-18)22(29)13-9-17-5-4-14-27-24(17)26/h4-8,10-12,14-15H,3,9,13H2,1-2H3,(H2,26,27). The number of amides is 1. The minimum atomic E-state index is -0.0372. The molecule has 0 radical (unpaired) electrons. The number of carbonyl (C=O) groups is 2. The Balaban J connectivity index is 1.72. The third-order valence-corrected chi connectivity index (χ3v) is 5.39. The number of pyridine rings is 1. The highest BCUT2D eigenvalue weighted by Crippen LogP contribution is 2.28. The summed E-state index contributed by atoms with van der Waals surface area (Å²) in [7, 11) is 1.76. The molecule has 0 fully saturated rings. The van der Waals surface area contributed by atoms with Crippen LogP contribution in [0.1, 0.15) is 35.7 Å². The summed E-state index contributed by atoms with van der Waals surface area (Å²) in [6, 6.07) is 16.8. The van der Waals surface area contributed by atoms with Gasteiger partial charge in [-0.1, -0.05) is 42.8 Å². The Bertz CT molecular complexity index is 1060. The third-order valence-electron chi connectivity index (χ3n) is 5.08. The van der Waals surface area contributed by atoms with Gasteiger partial charge in [-0.3, -0.25) is 9.59 Å². The molecule has 2 aromatic carbocycles. The summed E-state index contributed by atoms with van der Waals surface area (Å²) >= 11 is 6.42. The number of aromatic nitrogens is 1. The molecule has 0 unspecified atom stereocenters. The Hall–Kier alpha value is -3.18. The molecule has 6 heteroatoms. The maximum Gasteiger partial charge on any atom is 0.226 e. The van der Waals surface area contributed by atoms with Crippen LogP contribution in [0, 0.1) is 0 Å².